The van der Waals surface area contributed by atoms with Gasteiger partial charge in [-0.05, 0) is 19.3 Å². The maximum absolute atomic E-state index is 12.1. The lowest BCUT2D eigenvalue weighted by Crippen LogP contribution is -2.55. The highest BCUT2D eigenvalue weighted by molar-refractivity contribution is 5.81. The molecule has 0 aromatic heterocycles. The molecule has 0 atom stereocenters. The summed E-state index contributed by atoms with van der Waals surface area (Å²) in [5.41, 5.74) is -0.467. The van der Waals surface area contributed by atoms with Gasteiger partial charge < -0.3 is 10.4 Å². The molecule has 1 amide bonds. The third-order valence-electron chi connectivity index (χ3n) is 3.74. The first-order chi connectivity index (χ1) is 9.92. The second-order valence-corrected chi connectivity index (χ2v) is 5.32. The molecule has 112 valence electrons. The van der Waals surface area contributed by atoms with Crippen LogP contribution in [0.1, 0.15) is 31.2 Å². The highest BCUT2D eigenvalue weighted by atomic mass is 16.6. The Morgan fingerprint density at radius 3 is 2.52 bits per heavy atom. The van der Waals surface area contributed by atoms with Crippen LogP contribution in [0.4, 0.5) is 5.69 Å². The van der Waals surface area contributed by atoms with E-state index in [1.54, 1.807) is 6.07 Å². The Balaban J connectivity index is 2.05. The van der Waals surface area contributed by atoms with Gasteiger partial charge in [0.2, 0.25) is 5.91 Å². The van der Waals surface area contributed by atoms with Crippen LogP contribution in [0.3, 0.4) is 0 Å². The number of nitrogens with zero attached hydrogens (tertiary/aromatic N) is 1. The standard InChI is InChI=1S/C14H16N2O5/c17-12(15-14(6-3-7-14)9-13(18)19)8-10-4-1-2-5-11(10)16(20)21/h1-2,4-5H,3,6-9H2,(H,15,17)(H,18,19). The first kappa shape index (κ1) is 15.0. The number of nitro groups is 1. The molecule has 0 radical (unpaired) electrons. The molecule has 0 unspecified atom stereocenters. The van der Waals surface area contributed by atoms with Gasteiger partial charge in [0.15, 0.2) is 0 Å². The van der Waals surface area contributed by atoms with Crippen LogP contribution in [-0.2, 0) is 16.0 Å². The molecule has 7 nitrogen and oxygen atoms in total. The number of carbonyl (C=O) groups is 2. The summed E-state index contributed by atoms with van der Waals surface area (Å²) < 4.78 is 0. The van der Waals surface area contributed by atoms with Gasteiger partial charge in [-0.2, -0.15) is 0 Å². The molecule has 1 saturated carbocycles. The van der Waals surface area contributed by atoms with E-state index in [4.69, 9.17) is 5.11 Å². The Kier molecular flexibility index (Phi) is 4.21. The fourth-order valence-corrected chi connectivity index (χ4v) is 2.59. The van der Waals surface area contributed by atoms with Gasteiger partial charge in [0, 0.05) is 11.6 Å². The van der Waals surface area contributed by atoms with E-state index in [1.165, 1.54) is 18.2 Å². The van der Waals surface area contributed by atoms with E-state index in [9.17, 15) is 19.7 Å². The van der Waals surface area contributed by atoms with Crippen LogP contribution in [0, 0.1) is 10.1 Å². The predicted octanol–water partition coefficient (Wildman–Crippen LogP) is 1.65. The molecule has 0 aliphatic heterocycles. The molecular formula is C14H16N2O5. The second-order valence-electron chi connectivity index (χ2n) is 5.32. The molecule has 2 rings (SSSR count). The van der Waals surface area contributed by atoms with E-state index in [1.807, 2.05) is 0 Å². The van der Waals surface area contributed by atoms with Gasteiger partial charge in [0.25, 0.3) is 5.69 Å². The number of carbonyl (C=O) groups excluding carboxylic acids is 1. The topological polar surface area (TPSA) is 110 Å². The number of carboxylic acids is 1. The van der Waals surface area contributed by atoms with Crippen molar-refractivity contribution in [1.29, 1.82) is 0 Å². The van der Waals surface area contributed by atoms with Crippen molar-refractivity contribution in [1.82, 2.24) is 5.32 Å². The minimum absolute atomic E-state index is 0.103. The third kappa shape index (κ3) is 3.56. The zero-order chi connectivity index (χ0) is 15.5. The third-order valence-corrected chi connectivity index (χ3v) is 3.74. The molecule has 0 spiro atoms. The molecule has 0 saturated heterocycles. The van der Waals surface area contributed by atoms with E-state index >= 15 is 0 Å². The zero-order valence-corrected chi connectivity index (χ0v) is 11.4. The maximum atomic E-state index is 12.1. The quantitative estimate of drug-likeness (QED) is 0.612. The zero-order valence-electron chi connectivity index (χ0n) is 11.4. The summed E-state index contributed by atoms with van der Waals surface area (Å²) in [4.78, 5) is 33.3. The smallest absolute Gasteiger partial charge is 0.305 e. The second kappa shape index (κ2) is 5.90. The van der Waals surface area contributed by atoms with Crippen molar-refractivity contribution >= 4 is 17.6 Å². The summed E-state index contributed by atoms with van der Waals surface area (Å²) in [5.74, 6) is -1.34. The highest BCUT2D eigenvalue weighted by Crippen LogP contribution is 2.35. The largest absolute Gasteiger partial charge is 0.481 e. The van der Waals surface area contributed by atoms with Crippen molar-refractivity contribution < 1.29 is 19.6 Å². The summed E-state index contributed by atoms with van der Waals surface area (Å²) in [6.07, 6.45) is 1.89. The number of nitro benzene ring substituents is 1. The van der Waals surface area contributed by atoms with Crippen LogP contribution < -0.4 is 5.32 Å². The molecular weight excluding hydrogens is 276 g/mol. The Bertz CT molecular complexity index is 580. The van der Waals surface area contributed by atoms with Crippen LogP contribution in [0.5, 0.6) is 0 Å². The number of benzene rings is 1. The van der Waals surface area contributed by atoms with Crippen molar-refractivity contribution in [2.75, 3.05) is 0 Å². The molecule has 1 aliphatic rings. The maximum Gasteiger partial charge on any atom is 0.305 e. The van der Waals surface area contributed by atoms with Gasteiger partial charge in [-0.15, -0.1) is 0 Å². The molecule has 7 heteroatoms. The lowest BCUT2D eigenvalue weighted by molar-refractivity contribution is -0.385. The van der Waals surface area contributed by atoms with Crippen molar-refractivity contribution in [3.05, 3.63) is 39.9 Å². The van der Waals surface area contributed by atoms with E-state index in [0.717, 1.165) is 6.42 Å². The van der Waals surface area contributed by atoms with Gasteiger partial charge in [-0.3, -0.25) is 19.7 Å². The van der Waals surface area contributed by atoms with Gasteiger partial charge in [0.05, 0.1) is 23.3 Å². The Morgan fingerprint density at radius 2 is 2.00 bits per heavy atom. The van der Waals surface area contributed by atoms with Gasteiger partial charge in [0.1, 0.15) is 0 Å². The number of aliphatic carboxylic acids is 1. The van der Waals surface area contributed by atoms with Crippen LogP contribution in [-0.4, -0.2) is 27.4 Å². The van der Waals surface area contributed by atoms with Crippen LogP contribution in [0.15, 0.2) is 24.3 Å². The number of hydrogen-bond acceptors (Lipinski definition) is 4. The number of hydrogen-bond donors (Lipinski definition) is 2. The van der Waals surface area contributed by atoms with E-state index in [0.29, 0.717) is 18.4 Å². The molecule has 1 aliphatic carbocycles. The first-order valence-electron chi connectivity index (χ1n) is 6.67. The minimum Gasteiger partial charge on any atom is -0.481 e. The van der Waals surface area contributed by atoms with Gasteiger partial charge >= 0.3 is 5.97 Å². The average molecular weight is 292 g/mol. The average Bonchev–Trinajstić information content (AvgIpc) is 2.35. The lowest BCUT2D eigenvalue weighted by Gasteiger charge is -2.41. The molecule has 0 bridgehead atoms. The predicted molar refractivity (Wildman–Crippen MR) is 73.8 cm³/mol. The molecule has 1 aromatic carbocycles. The molecule has 0 heterocycles. The monoisotopic (exact) mass is 292 g/mol. The fraction of sp³-hybridized carbons (Fsp3) is 0.429. The number of para-hydroxylation sites is 1. The normalized spacial score (nSPS) is 15.8. The fourth-order valence-electron chi connectivity index (χ4n) is 2.59. The number of rotatable bonds is 6. The Morgan fingerprint density at radius 1 is 1.33 bits per heavy atom. The van der Waals surface area contributed by atoms with Crippen molar-refractivity contribution in [3.8, 4) is 0 Å². The first-order valence-corrected chi connectivity index (χ1v) is 6.67. The van der Waals surface area contributed by atoms with Crippen LogP contribution in [0.25, 0.3) is 0 Å². The molecule has 21 heavy (non-hydrogen) atoms. The number of carboxylic acid groups (broad SMARTS) is 1. The Hall–Kier alpha value is -2.44. The van der Waals surface area contributed by atoms with Crippen LogP contribution in [0.2, 0.25) is 0 Å². The lowest BCUT2D eigenvalue weighted by atomic mass is 9.74. The number of nitrogens with one attached hydrogen (secondary N) is 1. The summed E-state index contributed by atoms with van der Waals surface area (Å²) >= 11 is 0. The van der Waals surface area contributed by atoms with E-state index < -0.39 is 16.4 Å². The minimum atomic E-state index is -0.958. The molecule has 2 N–H and O–H groups in total. The van der Waals surface area contributed by atoms with Crippen molar-refractivity contribution in [2.45, 2.75) is 37.6 Å². The summed E-state index contributed by atoms with van der Waals surface area (Å²) in [7, 11) is 0. The summed E-state index contributed by atoms with van der Waals surface area (Å²) in [6.45, 7) is 0. The molecule has 1 fully saturated rings. The SMILES string of the molecule is O=C(O)CC1(NC(=O)Cc2ccccc2[N+](=O)[O-])CCC1. The van der Waals surface area contributed by atoms with E-state index in [2.05, 4.69) is 5.32 Å². The van der Waals surface area contributed by atoms with Crippen molar-refractivity contribution in [3.63, 3.8) is 0 Å². The summed E-state index contributed by atoms with van der Waals surface area (Å²) in [6, 6.07) is 6.05. The van der Waals surface area contributed by atoms with Gasteiger partial charge in [-0.25, -0.2) is 0 Å². The van der Waals surface area contributed by atoms with Crippen molar-refractivity contribution in [2.24, 2.45) is 0 Å². The van der Waals surface area contributed by atoms with E-state index in [-0.39, 0.29) is 24.4 Å². The number of amides is 1. The van der Waals surface area contributed by atoms with Gasteiger partial charge in [-0.1, -0.05) is 18.2 Å². The highest BCUT2D eigenvalue weighted by Gasteiger charge is 2.40. The van der Waals surface area contributed by atoms with Crippen LogP contribution >= 0.6 is 0 Å². The Labute approximate surface area is 121 Å². The molecule has 1 aromatic rings. The summed E-state index contributed by atoms with van der Waals surface area (Å²) in [5, 5.41) is 22.5.